The average molecular weight is 271 g/mol. The highest BCUT2D eigenvalue weighted by molar-refractivity contribution is 8.01. The number of nitrogens with one attached hydrogen (secondary N) is 1. The van der Waals surface area contributed by atoms with Gasteiger partial charge in [-0.05, 0) is 50.2 Å². The SMILES string of the molecule is CNC1CCC(C)(C)CC1Sc1nc(C)ns1. The Labute approximate surface area is 112 Å². The minimum atomic E-state index is 0.463. The van der Waals surface area contributed by atoms with Gasteiger partial charge in [-0.15, -0.1) is 0 Å². The van der Waals surface area contributed by atoms with Crippen molar-refractivity contribution in [3.8, 4) is 0 Å². The normalized spacial score (nSPS) is 28.2. The molecule has 1 aromatic rings. The number of aryl methyl sites for hydroxylation is 1. The van der Waals surface area contributed by atoms with Crippen LogP contribution in [0.4, 0.5) is 0 Å². The lowest BCUT2D eigenvalue weighted by atomic mass is 9.75. The van der Waals surface area contributed by atoms with E-state index in [2.05, 4.69) is 35.6 Å². The summed E-state index contributed by atoms with van der Waals surface area (Å²) in [6.45, 7) is 6.70. The quantitative estimate of drug-likeness (QED) is 0.916. The van der Waals surface area contributed by atoms with Crippen LogP contribution in [0.25, 0.3) is 0 Å². The molecule has 1 heterocycles. The Morgan fingerprint density at radius 1 is 1.47 bits per heavy atom. The first-order chi connectivity index (χ1) is 8.00. The Morgan fingerprint density at radius 2 is 2.24 bits per heavy atom. The van der Waals surface area contributed by atoms with Crippen molar-refractivity contribution >= 4 is 23.3 Å². The summed E-state index contributed by atoms with van der Waals surface area (Å²) in [5.41, 5.74) is 0.463. The van der Waals surface area contributed by atoms with Gasteiger partial charge in [0.1, 0.15) is 5.82 Å². The van der Waals surface area contributed by atoms with Crippen molar-refractivity contribution < 1.29 is 0 Å². The van der Waals surface area contributed by atoms with Crippen molar-refractivity contribution in [2.75, 3.05) is 7.05 Å². The standard InChI is InChI=1S/C12H21N3S2/c1-8-14-11(17-15-8)16-10-7-12(2,3)6-5-9(10)13-4/h9-10,13H,5-7H2,1-4H3. The van der Waals surface area contributed by atoms with Crippen LogP contribution in [0.3, 0.4) is 0 Å². The summed E-state index contributed by atoms with van der Waals surface area (Å²) in [5, 5.41) is 4.08. The molecule has 0 spiro atoms. The number of rotatable bonds is 3. The molecule has 0 bridgehead atoms. The maximum absolute atomic E-state index is 4.46. The van der Waals surface area contributed by atoms with Crippen LogP contribution < -0.4 is 5.32 Å². The minimum Gasteiger partial charge on any atom is -0.316 e. The highest BCUT2D eigenvalue weighted by Crippen LogP contribution is 2.42. The third-order valence-corrected chi connectivity index (χ3v) is 5.67. The monoisotopic (exact) mass is 271 g/mol. The van der Waals surface area contributed by atoms with E-state index in [1.54, 1.807) is 0 Å². The van der Waals surface area contributed by atoms with E-state index < -0.39 is 0 Å². The summed E-state index contributed by atoms with van der Waals surface area (Å²) in [6.07, 6.45) is 3.82. The van der Waals surface area contributed by atoms with Gasteiger partial charge in [0.2, 0.25) is 0 Å². The number of hydrogen-bond donors (Lipinski definition) is 1. The Morgan fingerprint density at radius 3 is 2.82 bits per heavy atom. The Balaban J connectivity index is 2.05. The molecule has 0 radical (unpaired) electrons. The van der Waals surface area contributed by atoms with Gasteiger partial charge in [-0.25, -0.2) is 4.98 Å². The molecule has 1 aromatic heterocycles. The molecule has 17 heavy (non-hydrogen) atoms. The molecule has 1 aliphatic rings. The molecule has 1 saturated carbocycles. The molecule has 2 atom stereocenters. The van der Waals surface area contributed by atoms with Gasteiger partial charge < -0.3 is 5.32 Å². The first-order valence-corrected chi connectivity index (χ1v) is 7.80. The largest absolute Gasteiger partial charge is 0.316 e. The molecule has 0 aliphatic heterocycles. The van der Waals surface area contributed by atoms with E-state index in [-0.39, 0.29) is 0 Å². The zero-order valence-electron chi connectivity index (χ0n) is 11.0. The molecule has 1 aliphatic carbocycles. The molecular weight excluding hydrogens is 250 g/mol. The predicted octanol–water partition coefficient (Wildman–Crippen LogP) is 3.11. The van der Waals surface area contributed by atoms with Gasteiger partial charge >= 0.3 is 0 Å². The molecule has 1 N–H and O–H groups in total. The third-order valence-electron chi connectivity index (χ3n) is 3.47. The fourth-order valence-electron chi connectivity index (χ4n) is 2.43. The van der Waals surface area contributed by atoms with Crippen molar-refractivity contribution in [2.24, 2.45) is 5.41 Å². The van der Waals surface area contributed by atoms with E-state index in [9.17, 15) is 0 Å². The summed E-state index contributed by atoms with van der Waals surface area (Å²) < 4.78 is 5.37. The average Bonchev–Trinajstić information content (AvgIpc) is 2.63. The van der Waals surface area contributed by atoms with E-state index in [0.717, 1.165) is 10.2 Å². The maximum atomic E-state index is 4.46. The first-order valence-electron chi connectivity index (χ1n) is 6.14. The van der Waals surface area contributed by atoms with Crippen molar-refractivity contribution in [3.05, 3.63) is 5.82 Å². The number of nitrogens with zero attached hydrogens (tertiary/aromatic N) is 2. The number of aromatic nitrogens is 2. The van der Waals surface area contributed by atoms with Crippen LogP contribution in [-0.2, 0) is 0 Å². The number of thioether (sulfide) groups is 1. The zero-order chi connectivity index (χ0) is 12.5. The van der Waals surface area contributed by atoms with Gasteiger partial charge in [-0.1, -0.05) is 25.6 Å². The van der Waals surface area contributed by atoms with Crippen LogP contribution in [0.2, 0.25) is 0 Å². The van der Waals surface area contributed by atoms with Crippen LogP contribution in [-0.4, -0.2) is 27.7 Å². The summed E-state index contributed by atoms with van der Waals surface area (Å²) >= 11 is 3.43. The smallest absolute Gasteiger partial charge is 0.170 e. The summed E-state index contributed by atoms with van der Waals surface area (Å²) in [6, 6.07) is 0.609. The van der Waals surface area contributed by atoms with Gasteiger partial charge in [0, 0.05) is 11.3 Å². The van der Waals surface area contributed by atoms with Gasteiger partial charge in [0.05, 0.1) is 0 Å². The lowest BCUT2D eigenvalue weighted by Gasteiger charge is -2.39. The topological polar surface area (TPSA) is 37.8 Å². The van der Waals surface area contributed by atoms with Crippen molar-refractivity contribution in [1.82, 2.24) is 14.7 Å². The highest BCUT2D eigenvalue weighted by atomic mass is 32.2. The molecule has 5 heteroatoms. The van der Waals surface area contributed by atoms with Gasteiger partial charge in [-0.3, -0.25) is 0 Å². The van der Waals surface area contributed by atoms with E-state index in [0.29, 0.717) is 16.7 Å². The summed E-state index contributed by atoms with van der Waals surface area (Å²) in [4.78, 5) is 4.46. The lowest BCUT2D eigenvalue weighted by Crippen LogP contribution is -2.43. The van der Waals surface area contributed by atoms with Crippen LogP contribution in [0.1, 0.15) is 38.9 Å². The van der Waals surface area contributed by atoms with E-state index in [1.165, 1.54) is 30.8 Å². The van der Waals surface area contributed by atoms with Crippen molar-refractivity contribution in [3.63, 3.8) is 0 Å². The molecular formula is C12H21N3S2. The second kappa shape index (κ2) is 5.24. The lowest BCUT2D eigenvalue weighted by molar-refractivity contribution is 0.218. The van der Waals surface area contributed by atoms with Gasteiger partial charge in [0.25, 0.3) is 0 Å². The fraction of sp³-hybridized carbons (Fsp3) is 0.833. The second-order valence-corrected chi connectivity index (χ2v) is 7.80. The van der Waals surface area contributed by atoms with Crippen LogP contribution in [0.5, 0.6) is 0 Å². The van der Waals surface area contributed by atoms with Crippen LogP contribution >= 0.6 is 23.3 Å². The number of hydrogen-bond acceptors (Lipinski definition) is 5. The first kappa shape index (κ1) is 13.3. The van der Waals surface area contributed by atoms with Crippen molar-refractivity contribution in [1.29, 1.82) is 0 Å². The fourth-order valence-corrected chi connectivity index (χ4v) is 4.92. The Bertz CT molecular complexity index is 376. The zero-order valence-corrected chi connectivity index (χ0v) is 12.6. The van der Waals surface area contributed by atoms with E-state index in [4.69, 9.17) is 0 Å². The van der Waals surface area contributed by atoms with Crippen molar-refractivity contribution in [2.45, 2.75) is 55.7 Å². The molecule has 0 saturated heterocycles. The Kier molecular flexibility index (Phi) is 4.10. The molecule has 3 nitrogen and oxygen atoms in total. The summed E-state index contributed by atoms with van der Waals surface area (Å²) in [5.74, 6) is 0.897. The van der Waals surface area contributed by atoms with Crippen LogP contribution in [0, 0.1) is 12.3 Å². The Hall–Kier alpha value is -0.130. The molecule has 0 amide bonds. The van der Waals surface area contributed by atoms with Gasteiger partial charge in [-0.2, -0.15) is 4.37 Å². The molecule has 2 rings (SSSR count). The molecule has 96 valence electrons. The van der Waals surface area contributed by atoms with Crippen LogP contribution in [0.15, 0.2) is 4.34 Å². The minimum absolute atomic E-state index is 0.463. The van der Waals surface area contributed by atoms with E-state index >= 15 is 0 Å². The van der Waals surface area contributed by atoms with Gasteiger partial charge in [0.15, 0.2) is 4.34 Å². The highest BCUT2D eigenvalue weighted by Gasteiger charge is 2.35. The predicted molar refractivity (Wildman–Crippen MR) is 74.8 cm³/mol. The van der Waals surface area contributed by atoms with E-state index in [1.807, 2.05) is 18.7 Å². The molecule has 1 fully saturated rings. The molecule has 2 unspecified atom stereocenters. The maximum Gasteiger partial charge on any atom is 0.170 e. The third kappa shape index (κ3) is 3.42. The molecule has 0 aromatic carbocycles. The summed E-state index contributed by atoms with van der Waals surface area (Å²) in [7, 11) is 2.07. The second-order valence-electron chi connectivity index (χ2n) is 5.57.